The Balaban J connectivity index is 3.18. The maximum atomic E-state index is 13.1. The van der Waals surface area contributed by atoms with Gasteiger partial charge in [-0.15, -0.1) is 0 Å². The van der Waals surface area contributed by atoms with Gasteiger partial charge in [0.15, 0.2) is 0 Å². The molecule has 0 aliphatic carbocycles. The highest BCUT2D eigenvalue weighted by molar-refractivity contribution is 9.10. The summed E-state index contributed by atoms with van der Waals surface area (Å²) in [7, 11) is 0. The van der Waals surface area contributed by atoms with Crippen molar-refractivity contribution in [2.45, 2.75) is 6.92 Å². The highest BCUT2D eigenvalue weighted by Crippen LogP contribution is 2.15. The fraction of sp³-hybridized carbons (Fsp3) is 0.125. The number of nitrogens with two attached hydrogens (primary N) is 1. The standard InChI is InChI=1S/C8H8BrFN2/c1-5(12-11)7-3-2-6(9)4-8(7)10/h2-4H,11H2,1H3/b12-5+. The van der Waals surface area contributed by atoms with Crippen molar-refractivity contribution in [1.29, 1.82) is 0 Å². The predicted molar refractivity (Wildman–Crippen MR) is 50.5 cm³/mol. The van der Waals surface area contributed by atoms with Crippen LogP contribution in [0.2, 0.25) is 0 Å². The first-order chi connectivity index (χ1) is 5.65. The Hall–Kier alpha value is -0.900. The van der Waals surface area contributed by atoms with E-state index in [1.165, 1.54) is 6.07 Å². The summed E-state index contributed by atoms with van der Waals surface area (Å²) in [5.41, 5.74) is 0.917. The maximum Gasteiger partial charge on any atom is 0.133 e. The zero-order valence-electron chi connectivity index (χ0n) is 6.51. The topological polar surface area (TPSA) is 38.4 Å². The fourth-order valence-electron chi connectivity index (χ4n) is 0.852. The van der Waals surface area contributed by atoms with Gasteiger partial charge >= 0.3 is 0 Å². The molecule has 12 heavy (non-hydrogen) atoms. The molecule has 0 saturated carbocycles. The van der Waals surface area contributed by atoms with Crippen LogP contribution < -0.4 is 5.84 Å². The fourth-order valence-corrected chi connectivity index (χ4v) is 1.19. The van der Waals surface area contributed by atoms with Crippen molar-refractivity contribution in [3.63, 3.8) is 0 Å². The molecule has 0 aromatic heterocycles. The number of halogens is 2. The van der Waals surface area contributed by atoms with E-state index in [0.29, 0.717) is 15.7 Å². The van der Waals surface area contributed by atoms with E-state index in [-0.39, 0.29) is 5.82 Å². The minimum Gasteiger partial charge on any atom is -0.323 e. The van der Waals surface area contributed by atoms with Crippen molar-refractivity contribution in [3.8, 4) is 0 Å². The van der Waals surface area contributed by atoms with Crippen LogP contribution in [0.1, 0.15) is 12.5 Å². The van der Waals surface area contributed by atoms with Gasteiger partial charge in [-0.05, 0) is 25.1 Å². The number of hydrogen-bond acceptors (Lipinski definition) is 2. The highest BCUT2D eigenvalue weighted by Gasteiger charge is 2.04. The first kappa shape index (κ1) is 9.19. The molecule has 0 heterocycles. The summed E-state index contributed by atoms with van der Waals surface area (Å²) in [5, 5.41) is 3.41. The van der Waals surface area contributed by atoms with Gasteiger partial charge in [0.2, 0.25) is 0 Å². The van der Waals surface area contributed by atoms with Crippen LogP contribution in [0, 0.1) is 5.82 Å². The van der Waals surface area contributed by atoms with Crippen LogP contribution in [0.4, 0.5) is 4.39 Å². The molecule has 1 aromatic rings. The SMILES string of the molecule is C/C(=N\N)c1ccc(Br)cc1F. The number of benzene rings is 1. The molecule has 1 aromatic carbocycles. The molecule has 0 saturated heterocycles. The normalized spacial score (nSPS) is 11.8. The van der Waals surface area contributed by atoms with Gasteiger partial charge in [0.05, 0.1) is 5.71 Å². The Morgan fingerprint density at radius 3 is 2.75 bits per heavy atom. The molecule has 0 radical (unpaired) electrons. The second kappa shape index (κ2) is 3.67. The minimum absolute atomic E-state index is 0.323. The van der Waals surface area contributed by atoms with E-state index in [1.807, 2.05) is 0 Å². The Morgan fingerprint density at radius 2 is 2.25 bits per heavy atom. The maximum absolute atomic E-state index is 13.1. The largest absolute Gasteiger partial charge is 0.323 e. The lowest BCUT2D eigenvalue weighted by molar-refractivity contribution is 0.624. The monoisotopic (exact) mass is 230 g/mol. The van der Waals surface area contributed by atoms with Gasteiger partial charge in [-0.1, -0.05) is 15.9 Å². The molecular weight excluding hydrogens is 223 g/mol. The van der Waals surface area contributed by atoms with Crippen molar-refractivity contribution in [2.24, 2.45) is 10.9 Å². The number of hydrogen-bond donors (Lipinski definition) is 1. The van der Waals surface area contributed by atoms with Gasteiger partial charge in [-0.3, -0.25) is 0 Å². The van der Waals surface area contributed by atoms with Gasteiger partial charge in [0.25, 0.3) is 0 Å². The van der Waals surface area contributed by atoms with Gasteiger partial charge in [0.1, 0.15) is 5.82 Å². The zero-order chi connectivity index (χ0) is 9.14. The van der Waals surface area contributed by atoms with Gasteiger partial charge in [0, 0.05) is 10.0 Å². The van der Waals surface area contributed by atoms with Gasteiger partial charge < -0.3 is 5.84 Å². The first-order valence-electron chi connectivity index (χ1n) is 3.35. The second-order valence-corrected chi connectivity index (χ2v) is 3.25. The van der Waals surface area contributed by atoms with Crippen LogP contribution in [-0.2, 0) is 0 Å². The third-order valence-electron chi connectivity index (χ3n) is 1.51. The smallest absolute Gasteiger partial charge is 0.133 e. The summed E-state index contributed by atoms with van der Waals surface area (Å²) in [6.45, 7) is 1.66. The summed E-state index contributed by atoms with van der Waals surface area (Å²) < 4.78 is 13.8. The molecule has 1 rings (SSSR count). The van der Waals surface area contributed by atoms with Crippen LogP contribution in [0.25, 0.3) is 0 Å². The van der Waals surface area contributed by atoms with Gasteiger partial charge in [-0.2, -0.15) is 5.10 Å². The number of hydrazone groups is 1. The van der Waals surface area contributed by atoms with Crippen LogP contribution in [0.15, 0.2) is 27.8 Å². The lowest BCUT2D eigenvalue weighted by atomic mass is 10.1. The van der Waals surface area contributed by atoms with Crippen molar-refractivity contribution in [2.75, 3.05) is 0 Å². The van der Waals surface area contributed by atoms with E-state index in [9.17, 15) is 4.39 Å². The minimum atomic E-state index is -0.323. The van der Waals surface area contributed by atoms with E-state index >= 15 is 0 Å². The Morgan fingerprint density at radius 1 is 1.58 bits per heavy atom. The molecule has 0 atom stereocenters. The van der Waals surface area contributed by atoms with E-state index in [4.69, 9.17) is 5.84 Å². The van der Waals surface area contributed by atoms with Crippen LogP contribution >= 0.6 is 15.9 Å². The van der Waals surface area contributed by atoms with Crippen molar-refractivity contribution in [1.82, 2.24) is 0 Å². The summed E-state index contributed by atoms with van der Waals surface area (Å²) in [4.78, 5) is 0. The van der Waals surface area contributed by atoms with E-state index < -0.39 is 0 Å². The Labute approximate surface area is 78.4 Å². The third-order valence-corrected chi connectivity index (χ3v) is 2.01. The lowest BCUT2D eigenvalue weighted by Gasteiger charge is -2.00. The van der Waals surface area contributed by atoms with E-state index in [2.05, 4.69) is 21.0 Å². The average molecular weight is 231 g/mol. The summed E-state index contributed by atoms with van der Waals surface area (Å²) in [5.74, 6) is 4.70. The van der Waals surface area contributed by atoms with Crippen molar-refractivity contribution in [3.05, 3.63) is 34.1 Å². The first-order valence-corrected chi connectivity index (χ1v) is 4.14. The molecular formula is C8H8BrFN2. The van der Waals surface area contributed by atoms with Crippen molar-refractivity contribution >= 4 is 21.6 Å². The number of rotatable bonds is 1. The third kappa shape index (κ3) is 1.82. The summed E-state index contributed by atoms with van der Waals surface area (Å²) >= 11 is 3.16. The molecule has 0 bridgehead atoms. The van der Waals surface area contributed by atoms with Crippen LogP contribution in [-0.4, -0.2) is 5.71 Å². The van der Waals surface area contributed by atoms with E-state index in [1.54, 1.807) is 19.1 Å². The molecule has 0 amide bonds. The molecule has 0 aliphatic rings. The molecule has 2 N–H and O–H groups in total. The highest BCUT2D eigenvalue weighted by atomic mass is 79.9. The second-order valence-electron chi connectivity index (χ2n) is 2.34. The van der Waals surface area contributed by atoms with Gasteiger partial charge in [-0.25, -0.2) is 4.39 Å². The quantitative estimate of drug-likeness (QED) is 0.449. The molecule has 2 nitrogen and oxygen atoms in total. The summed E-state index contributed by atoms with van der Waals surface area (Å²) in [6.07, 6.45) is 0. The molecule has 64 valence electrons. The molecule has 0 aliphatic heterocycles. The van der Waals surface area contributed by atoms with Crippen LogP contribution in [0.3, 0.4) is 0 Å². The zero-order valence-corrected chi connectivity index (χ0v) is 8.10. The van der Waals surface area contributed by atoms with E-state index in [0.717, 1.165) is 0 Å². The Kier molecular flexibility index (Phi) is 2.81. The molecule has 0 unspecified atom stereocenters. The Bertz CT molecular complexity index is 323. The molecule has 0 fully saturated rings. The molecule has 4 heteroatoms. The number of nitrogens with zero attached hydrogens (tertiary/aromatic N) is 1. The van der Waals surface area contributed by atoms with Crippen molar-refractivity contribution < 1.29 is 4.39 Å². The van der Waals surface area contributed by atoms with Crippen LogP contribution in [0.5, 0.6) is 0 Å². The predicted octanol–water partition coefficient (Wildman–Crippen LogP) is 2.27. The molecule has 0 spiro atoms. The summed E-state index contributed by atoms with van der Waals surface area (Å²) in [6, 6.07) is 4.75. The lowest BCUT2D eigenvalue weighted by Crippen LogP contribution is -2.01. The average Bonchev–Trinajstić information content (AvgIpc) is 2.03.